The number of aromatic nitrogens is 2. The highest BCUT2D eigenvalue weighted by atomic mass is 19.2. The lowest BCUT2D eigenvalue weighted by Gasteiger charge is -2.14. The van der Waals surface area contributed by atoms with Gasteiger partial charge in [0.2, 0.25) is 0 Å². The quantitative estimate of drug-likeness (QED) is 0.635. The second-order valence-corrected chi connectivity index (χ2v) is 7.67. The van der Waals surface area contributed by atoms with Gasteiger partial charge in [0, 0.05) is 11.5 Å². The van der Waals surface area contributed by atoms with Crippen LogP contribution in [0.2, 0.25) is 0 Å². The summed E-state index contributed by atoms with van der Waals surface area (Å²) in [7, 11) is 0. The van der Waals surface area contributed by atoms with E-state index in [0.29, 0.717) is 5.82 Å². The van der Waals surface area contributed by atoms with Crippen LogP contribution in [0.15, 0.2) is 54.6 Å². The zero-order valence-corrected chi connectivity index (χ0v) is 16.8. The number of para-hydroxylation sites is 1. The first kappa shape index (κ1) is 21.2. The van der Waals surface area contributed by atoms with Crippen LogP contribution in [-0.2, 0) is 14.9 Å². The number of esters is 1. The van der Waals surface area contributed by atoms with Gasteiger partial charge in [-0.25, -0.2) is 18.3 Å². The predicted molar refractivity (Wildman–Crippen MR) is 108 cm³/mol. The van der Waals surface area contributed by atoms with Crippen molar-refractivity contribution in [2.75, 3.05) is 11.9 Å². The molecule has 0 aliphatic rings. The van der Waals surface area contributed by atoms with Gasteiger partial charge in [0.1, 0.15) is 5.82 Å². The zero-order valence-electron chi connectivity index (χ0n) is 16.8. The summed E-state index contributed by atoms with van der Waals surface area (Å²) >= 11 is 0. The number of nitrogens with zero attached hydrogens (tertiary/aromatic N) is 2. The second-order valence-electron chi connectivity index (χ2n) is 7.67. The SMILES string of the molecule is CC(C)(C)c1cc(NC(=O)COC(=O)c2ccc(F)c(F)c2)n(-c2ccccc2)n1. The Balaban J connectivity index is 1.73. The maximum atomic E-state index is 13.3. The molecule has 0 saturated carbocycles. The van der Waals surface area contributed by atoms with Crippen LogP contribution < -0.4 is 5.32 Å². The number of hydrogen-bond donors (Lipinski definition) is 1. The molecule has 8 heteroatoms. The van der Waals surface area contributed by atoms with E-state index in [4.69, 9.17) is 4.74 Å². The fourth-order valence-corrected chi connectivity index (χ4v) is 2.62. The van der Waals surface area contributed by atoms with Gasteiger partial charge in [0.25, 0.3) is 5.91 Å². The molecule has 3 rings (SSSR count). The number of ether oxygens (including phenoxy) is 1. The topological polar surface area (TPSA) is 73.2 Å². The van der Waals surface area contributed by atoms with Gasteiger partial charge in [0.15, 0.2) is 18.2 Å². The number of carbonyl (C=O) groups excluding carboxylic acids is 2. The number of benzene rings is 2. The number of anilines is 1. The number of hydrogen-bond acceptors (Lipinski definition) is 4. The third-order valence-corrected chi connectivity index (χ3v) is 4.24. The van der Waals surface area contributed by atoms with E-state index < -0.39 is 30.1 Å². The molecule has 2 aromatic carbocycles. The van der Waals surface area contributed by atoms with Gasteiger partial charge in [-0.1, -0.05) is 39.0 Å². The third-order valence-electron chi connectivity index (χ3n) is 4.24. The van der Waals surface area contributed by atoms with E-state index in [1.165, 1.54) is 0 Å². The number of halogens is 2. The van der Waals surface area contributed by atoms with Crippen molar-refractivity contribution < 1.29 is 23.1 Å². The highest BCUT2D eigenvalue weighted by molar-refractivity contribution is 5.95. The van der Waals surface area contributed by atoms with Gasteiger partial charge in [0.05, 0.1) is 16.9 Å². The summed E-state index contributed by atoms with van der Waals surface area (Å²) < 4.78 is 32.7. The van der Waals surface area contributed by atoms with Crippen molar-refractivity contribution in [3.63, 3.8) is 0 Å². The highest BCUT2D eigenvalue weighted by Crippen LogP contribution is 2.26. The van der Waals surface area contributed by atoms with Crippen molar-refractivity contribution in [2.45, 2.75) is 26.2 Å². The minimum absolute atomic E-state index is 0.189. The van der Waals surface area contributed by atoms with Crippen LogP contribution in [0.3, 0.4) is 0 Å². The largest absolute Gasteiger partial charge is 0.452 e. The standard InChI is InChI=1S/C22H21F2N3O3/c1-22(2,3)18-12-19(27(26-18)15-7-5-4-6-8-15)25-20(28)13-30-21(29)14-9-10-16(23)17(24)11-14/h4-12H,13H2,1-3H3,(H,25,28). The Morgan fingerprint density at radius 1 is 1.03 bits per heavy atom. The summed E-state index contributed by atoms with van der Waals surface area (Å²) in [6.07, 6.45) is 0. The van der Waals surface area contributed by atoms with Crippen LogP contribution in [0.4, 0.5) is 14.6 Å². The molecular weight excluding hydrogens is 392 g/mol. The van der Waals surface area contributed by atoms with Crippen molar-refractivity contribution in [2.24, 2.45) is 0 Å². The van der Waals surface area contributed by atoms with Crippen molar-refractivity contribution in [3.05, 3.63) is 77.5 Å². The summed E-state index contributed by atoms with van der Waals surface area (Å²) in [4.78, 5) is 24.3. The second kappa shape index (κ2) is 8.44. The van der Waals surface area contributed by atoms with Crippen molar-refractivity contribution in [1.29, 1.82) is 0 Å². The lowest BCUT2D eigenvalue weighted by Crippen LogP contribution is -2.22. The normalized spacial score (nSPS) is 11.2. The molecule has 0 aliphatic heterocycles. The van der Waals surface area contributed by atoms with E-state index in [1.54, 1.807) is 10.7 Å². The van der Waals surface area contributed by atoms with Crippen LogP contribution in [0.1, 0.15) is 36.8 Å². The molecule has 0 bridgehead atoms. The summed E-state index contributed by atoms with van der Waals surface area (Å²) in [5.74, 6) is -3.36. The predicted octanol–water partition coefficient (Wildman–Crippen LogP) is 4.24. The Labute approximate surface area is 172 Å². The third kappa shape index (κ3) is 4.89. The van der Waals surface area contributed by atoms with E-state index >= 15 is 0 Å². The molecule has 0 unspecified atom stereocenters. The average molecular weight is 413 g/mol. The summed E-state index contributed by atoms with van der Waals surface area (Å²) in [5.41, 5.74) is 1.08. The Bertz CT molecular complexity index is 1070. The maximum absolute atomic E-state index is 13.3. The Hall–Kier alpha value is -3.55. The fourth-order valence-electron chi connectivity index (χ4n) is 2.62. The molecule has 1 N–H and O–H groups in total. The maximum Gasteiger partial charge on any atom is 0.338 e. The molecule has 0 aliphatic carbocycles. The Kier molecular flexibility index (Phi) is 5.96. The molecule has 1 aromatic heterocycles. The van der Waals surface area contributed by atoms with Crippen LogP contribution in [0, 0.1) is 11.6 Å². The van der Waals surface area contributed by atoms with Crippen LogP contribution in [0.25, 0.3) is 5.69 Å². The van der Waals surface area contributed by atoms with Gasteiger partial charge in [-0.05, 0) is 30.3 Å². The van der Waals surface area contributed by atoms with Crippen LogP contribution >= 0.6 is 0 Å². The summed E-state index contributed by atoms with van der Waals surface area (Å²) in [5, 5.41) is 7.26. The van der Waals surface area contributed by atoms with E-state index in [-0.39, 0.29) is 11.0 Å². The first-order valence-corrected chi connectivity index (χ1v) is 9.23. The molecular formula is C22H21F2N3O3. The van der Waals surface area contributed by atoms with Gasteiger partial charge in [-0.15, -0.1) is 0 Å². The molecule has 3 aromatic rings. The average Bonchev–Trinajstić information content (AvgIpc) is 3.13. The molecule has 156 valence electrons. The lowest BCUT2D eigenvalue weighted by atomic mass is 9.92. The van der Waals surface area contributed by atoms with Gasteiger partial charge in [-0.3, -0.25) is 4.79 Å². The molecule has 0 atom stereocenters. The minimum atomic E-state index is -1.17. The number of amides is 1. The first-order chi connectivity index (χ1) is 14.1. The molecule has 0 saturated heterocycles. The molecule has 30 heavy (non-hydrogen) atoms. The molecule has 0 radical (unpaired) electrons. The lowest BCUT2D eigenvalue weighted by molar-refractivity contribution is -0.119. The molecule has 1 amide bonds. The van der Waals surface area contributed by atoms with Crippen LogP contribution in [0.5, 0.6) is 0 Å². The Morgan fingerprint density at radius 2 is 1.73 bits per heavy atom. The zero-order chi connectivity index (χ0) is 21.9. The van der Waals surface area contributed by atoms with Gasteiger partial charge >= 0.3 is 5.97 Å². The highest BCUT2D eigenvalue weighted by Gasteiger charge is 2.22. The molecule has 0 spiro atoms. The van der Waals surface area contributed by atoms with Crippen molar-refractivity contribution >= 4 is 17.7 Å². The summed E-state index contributed by atoms with van der Waals surface area (Å²) in [6.45, 7) is 5.41. The number of nitrogens with one attached hydrogen (secondary N) is 1. The van der Waals surface area contributed by atoms with E-state index in [9.17, 15) is 18.4 Å². The number of carbonyl (C=O) groups is 2. The summed E-state index contributed by atoms with van der Waals surface area (Å²) in [6, 6.07) is 13.6. The number of rotatable bonds is 5. The monoisotopic (exact) mass is 413 g/mol. The van der Waals surface area contributed by atoms with Crippen molar-refractivity contribution in [1.82, 2.24) is 9.78 Å². The smallest absolute Gasteiger partial charge is 0.338 e. The molecule has 6 nitrogen and oxygen atoms in total. The fraction of sp³-hybridized carbons (Fsp3) is 0.227. The van der Waals surface area contributed by atoms with E-state index in [2.05, 4.69) is 10.4 Å². The molecule has 1 heterocycles. The van der Waals surface area contributed by atoms with E-state index in [1.807, 2.05) is 51.1 Å². The van der Waals surface area contributed by atoms with Crippen molar-refractivity contribution in [3.8, 4) is 5.69 Å². The molecule has 0 fully saturated rings. The van der Waals surface area contributed by atoms with E-state index in [0.717, 1.165) is 29.6 Å². The van der Waals surface area contributed by atoms with Gasteiger partial charge in [-0.2, -0.15) is 5.10 Å². The first-order valence-electron chi connectivity index (χ1n) is 9.23. The van der Waals surface area contributed by atoms with Crippen LogP contribution in [-0.4, -0.2) is 28.3 Å². The van der Waals surface area contributed by atoms with Gasteiger partial charge < -0.3 is 10.1 Å². The Morgan fingerprint density at radius 3 is 2.37 bits per heavy atom. The minimum Gasteiger partial charge on any atom is -0.452 e.